The first-order valence-corrected chi connectivity index (χ1v) is 6.59. The topological polar surface area (TPSA) is 18.5 Å². The van der Waals surface area contributed by atoms with E-state index in [1.165, 1.54) is 0 Å². The number of hydrogen-bond donors (Lipinski definition) is 0. The van der Waals surface area contributed by atoms with Crippen molar-refractivity contribution in [2.45, 2.75) is 29.9 Å². The summed E-state index contributed by atoms with van der Waals surface area (Å²) in [6, 6.07) is 7.82. The van der Waals surface area contributed by atoms with E-state index in [4.69, 9.17) is 32.7 Å². The maximum atomic E-state index is 6.43. The van der Waals surface area contributed by atoms with Gasteiger partial charge in [-0.15, -0.1) is 0 Å². The molecule has 1 fully saturated rings. The molecule has 3 unspecified atom stereocenters. The third kappa shape index (κ3) is 1.26. The summed E-state index contributed by atoms with van der Waals surface area (Å²) in [5, 5.41) is 0. The lowest BCUT2D eigenvalue weighted by Gasteiger charge is -2.29. The zero-order valence-electron chi connectivity index (χ0n) is 9.74. The molecule has 0 spiro atoms. The highest BCUT2D eigenvalue weighted by atomic mass is 35.5. The van der Waals surface area contributed by atoms with Gasteiger partial charge in [-0.25, -0.2) is 0 Å². The molecule has 0 radical (unpaired) electrons. The molecular weight excluding hydrogens is 259 g/mol. The molecule has 0 saturated heterocycles. The number of alkyl halides is 2. The second-order valence-corrected chi connectivity index (χ2v) is 5.97. The van der Waals surface area contributed by atoms with Crippen LogP contribution in [0.1, 0.15) is 19.4 Å². The van der Waals surface area contributed by atoms with Gasteiger partial charge in [0.05, 0.1) is 5.92 Å². The number of benzene rings is 1. The number of para-hydroxylation sites is 1. The third-order valence-electron chi connectivity index (χ3n) is 3.68. The highest BCUT2D eigenvalue weighted by Gasteiger charge is 2.82. The van der Waals surface area contributed by atoms with Crippen LogP contribution >= 0.6 is 23.2 Å². The molecule has 3 atom stereocenters. The van der Waals surface area contributed by atoms with Crippen LogP contribution in [0.4, 0.5) is 0 Å². The van der Waals surface area contributed by atoms with Crippen LogP contribution in [-0.4, -0.2) is 17.0 Å². The van der Waals surface area contributed by atoms with Gasteiger partial charge in [0.25, 0.3) is 0 Å². The largest absolute Gasteiger partial charge is 0.490 e. The second kappa shape index (κ2) is 3.53. The molecule has 4 heteroatoms. The molecule has 2 nitrogen and oxygen atoms in total. The molecular formula is C13H14Cl2O2. The minimum atomic E-state index is -0.894. The van der Waals surface area contributed by atoms with E-state index in [0.717, 1.165) is 11.3 Å². The highest BCUT2D eigenvalue weighted by molar-refractivity contribution is 6.52. The van der Waals surface area contributed by atoms with Gasteiger partial charge in [0.15, 0.2) is 4.33 Å². The van der Waals surface area contributed by atoms with Crippen molar-refractivity contribution in [2.24, 2.45) is 5.92 Å². The predicted octanol–water partition coefficient (Wildman–Crippen LogP) is 3.50. The Morgan fingerprint density at radius 1 is 1.35 bits per heavy atom. The van der Waals surface area contributed by atoms with Gasteiger partial charge in [0.1, 0.15) is 17.5 Å². The number of ether oxygens (including phenoxy) is 2. The molecule has 0 aromatic heterocycles. The van der Waals surface area contributed by atoms with Gasteiger partial charge in [-0.3, -0.25) is 0 Å². The Bertz CT molecular complexity index is 460. The van der Waals surface area contributed by atoms with Crippen LogP contribution in [0.2, 0.25) is 0 Å². The van der Waals surface area contributed by atoms with Crippen molar-refractivity contribution in [1.29, 1.82) is 0 Å². The van der Waals surface area contributed by atoms with E-state index in [9.17, 15) is 0 Å². The third-order valence-corrected chi connectivity index (χ3v) is 4.71. The van der Waals surface area contributed by atoms with Crippen LogP contribution < -0.4 is 4.74 Å². The fourth-order valence-electron chi connectivity index (χ4n) is 3.01. The summed E-state index contributed by atoms with van der Waals surface area (Å²) in [7, 11) is 0. The number of halogens is 2. The summed E-state index contributed by atoms with van der Waals surface area (Å²) in [5.74, 6) is 0.820. The Morgan fingerprint density at radius 3 is 2.76 bits per heavy atom. The average Bonchev–Trinajstić information content (AvgIpc) is 2.78. The molecule has 0 amide bonds. The smallest absolute Gasteiger partial charge is 0.161 e. The molecule has 1 saturated carbocycles. The zero-order chi connectivity index (χ0) is 12.3. The fraction of sp³-hybridized carbons (Fsp3) is 0.538. The first-order chi connectivity index (χ1) is 8.05. The molecule has 0 N–H and O–H groups in total. The van der Waals surface area contributed by atoms with Crippen molar-refractivity contribution in [2.75, 3.05) is 6.61 Å². The molecule has 1 aromatic carbocycles. The minimum absolute atomic E-state index is 0.00631. The van der Waals surface area contributed by atoms with Crippen molar-refractivity contribution >= 4 is 23.2 Å². The first kappa shape index (κ1) is 11.6. The summed E-state index contributed by atoms with van der Waals surface area (Å²) in [4.78, 5) is 0. The number of fused-ring (bicyclic) bond motifs is 3. The Morgan fingerprint density at radius 2 is 2.06 bits per heavy atom. The van der Waals surface area contributed by atoms with Gasteiger partial charge >= 0.3 is 0 Å². The van der Waals surface area contributed by atoms with E-state index >= 15 is 0 Å². The molecule has 1 heterocycles. The molecule has 17 heavy (non-hydrogen) atoms. The van der Waals surface area contributed by atoms with Crippen LogP contribution in [0.25, 0.3) is 0 Å². The first-order valence-electron chi connectivity index (χ1n) is 5.83. The molecule has 1 aliphatic carbocycles. The lowest BCUT2D eigenvalue weighted by atomic mass is 9.99. The van der Waals surface area contributed by atoms with Crippen LogP contribution in [0, 0.1) is 5.92 Å². The van der Waals surface area contributed by atoms with Crippen molar-refractivity contribution < 1.29 is 9.47 Å². The van der Waals surface area contributed by atoms with E-state index < -0.39 is 9.93 Å². The van der Waals surface area contributed by atoms with Gasteiger partial charge in [-0.05, 0) is 19.9 Å². The van der Waals surface area contributed by atoms with Crippen LogP contribution in [0.3, 0.4) is 0 Å². The standard InChI is InChI=1S/C13H14Cl2O2/c1-3-16-12-9-6-4-5-7-10(9)17-8(2)11(12)13(12,14)15/h4-8,11H,3H2,1-2H3. The van der Waals surface area contributed by atoms with Gasteiger partial charge in [-0.1, -0.05) is 41.4 Å². The lowest BCUT2D eigenvalue weighted by molar-refractivity contribution is -0.00774. The van der Waals surface area contributed by atoms with E-state index in [1.807, 2.05) is 38.1 Å². The quantitative estimate of drug-likeness (QED) is 0.768. The maximum Gasteiger partial charge on any atom is 0.161 e. The summed E-state index contributed by atoms with van der Waals surface area (Å²) in [5.41, 5.74) is 0.369. The predicted molar refractivity (Wildman–Crippen MR) is 67.8 cm³/mol. The van der Waals surface area contributed by atoms with E-state index in [0.29, 0.717) is 6.61 Å². The van der Waals surface area contributed by atoms with Crippen LogP contribution in [0.15, 0.2) is 24.3 Å². The van der Waals surface area contributed by atoms with Crippen molar-refractivity contribution in [3.63, 3.8) is 0 Å². The highest BCUT2D eigenvalue weighted by Crippen LogP contribution is 2.74. The van der Waals surface area contributed by atoms with Crippen molar-refractivity contribution in [1.82, 2.24) is 0 Å². The molecule has 1 aliphatic heterocycles. The summed E-state index contributed by atoms with van der Waals surface area (Å²) in [6.07, 6.45) is -0.0357. The fourth-order valence-corrected chi connectivity index (χ4v) is 4.12. The zero-order valence-corrected chi connectivity index (χ0v) is 11.3. The van der Waals surface area contributed by atoms with E-state index in [1.54, 1.807) is 0 Å². The molecule has 92 valence electrons. The van der Waals surface area contributed by atoms with E-state index in [-0.39, 0.29) is 12.0 Å². The van der Waals surface area contributed by atoms with Crippen molar-refractivity contribution in [3.05, 3.63) is 29.8 Å². The van der Waals surface area contributed by atoms with Crippen LogP contribution in [-0.2, 0) is 10.3 Å². The number of rotatable bonds is 2. The summed E-state index contributed by atoms with van der Waals surface area (Å²) >= 11 is 12.9. The molecule has 2 aliphatic rings. The molecule has 3 rings (SSSR count). The molecule has 0 bridgehead atoms. The number of hydrogen-bond acceptors (Lipinski definition) is 2. The van der Waals surface area contributed by atoms with Crippen LogP contribution in [0.5, 0.6) is 5.75 Å². The van der Waals surface area contributed by atoms with Gasteiger partial charge < -0.3 is 9.47 Å². The monoisotopic (exact) mass is 272 g/mol. The minimum Gasteiger partial charge on any atom is -0.490 e. The molecule has 1 aromatic rings. The Labute approximate surface area is 111 Å². The Hall–Kier alpha value is -0.440. The van der Waals surface area contributed by atoms with Gasteiger partial charge in [0, 0.05) is 12.2 Å². The van der Waals surface area contributed by atoms with Gasteiger partial charge in [0.2, 0.25) is 0 Å². The SMILES string of the molecule is CCOC12c3ccccc3OC(C)C1C2(Cl)Cl. The normalized spacial score (nSPS) is 36.7. The summed E-state index contributed by atoms with van der Waals surface area (Å²) in [6.45, 7) is 4.52. The van der Waals surface area contributed by atoms with E-state index in [2.05, 4.69) is 0 Å². The maximum absolute atomic E-state index is 6.43. The second-order valence-electron chi connectivity index (χ2n) is 4.59. The average molecular weight is 273 g/mol. The Balaban J connectivity index is 2.16. The van der Waals surface area contributed by atoms with Crippen molar-refractivity contribution in [3.8, 4) is 5.75 Å². The lowest BCUT2D eigenvalue weighted by Crippen LogP contribution is -2.30. The Kier molecular flexibility index (Phi) is 2.42. The van der Waals surface area contributed by atoms with Gasteiger partial charge in [-0.2, -0.15) is 0 Å². The summed E-state index contributed by atoms with van der Waals surface area (Å²) < 4.78 is 10.9.